The monoisotopic (exact) mass is 540 g/mol. The third-order valence-electron chi connectivity index (χ3n) is 6.52. The molecule has 6 bridgehead atoms. The van der Waals surface area contributed by atoms with Crippen molar-refractivity contribution in [1.82, 2.24) is 3.96 Å². The Morgan fingerprint density at radius 1 is 1.19 bits per heavy atom. The standard InChI is InChI=1S/C23H20N2O4S.Sn/c26-11-15-6-9-19-21(10-15)29-13-14-4-7-16(8-5-14)25-23(28)18-3-1-2-17(22(18)30-25)20(12-27)24-19;/h1-3,6,10,14,16,26H,4-5,7-8,11,13H2;. The molecule has 0 unspecified atom stereocenters. The topological polar surface area (TPSA) is 80.9 Å². The van der Waals surface area contributed by atoms with Crippen molar-refractivity contribution in [2.75, 3.05) is 6.61 Å². The van der Waals surface area contributed by atoms with Crippen molar-refractivity contribution >= 4 is 61.5 Å². The van der Waals surface area contributed by atoms with Crippen LogP contribution < -0.4 is 13.9 Å². The molecule has 4 aliphatic rings. The summed E-state index contributed by atoms with van der Waals surface area (Å²) in [6.45, 7) is 0.512. The molecule has 2 radical (unpaired) electrons. The zero-order valence-corrected chi connectivity index (χ0v) is 20.4. The molecule has 1 aromatic heterocycles. The molecule has 7 rings (SSSR count). The van der Waals surface area contributed by atoms with Gasteiger partial charge in [0.25, 0.3) is 0 Å². The normalized spacial score (nSPS) is 22.4. The molecule has 156 valence electrons. The Balaban J connectivity index is 1.64. The van der Waals surface area contributed by atoms with E-state index in [1.165, 1.54) is 11.5 Å². The van der Waals surface area contributed by atoms with Crippen molar-refractivity contribution < 1.29 is 14.6 Å². The van der Waals surface area contributed by atoms with Crippen molar-refractivity contribution in [3.8, 4) is 5.75 Å². The van der Waals surface area contributed by atoms with E-state index in [4.69, 9.17) is 9.73 Å². The fraction of sp³-hybridized carbons (Fsp3) is 0.348. The van der Waals surface area contributed by atoms with Crippen LogP contribution in [0.2, 0.25) is 0 Å². The van der Waals surface area contributed by atoms with Gasteiger partial charge in [0, 0.05) is 0 Å². The molecule has 0 amide bonds. The number of nitrogens with zero attached hydrogens (tertiary/aromatic N) is 2. The molecule has 6 nitrogen and oxygen atoms in total. The van der Waals surface area contributed by atoms with Crippen LogP contribution in [-0.2, 0) is 11.4 Å². The maximum atomic E-state index is 13.2. The van der Waals surface area contributed by atoms with E-state index in [0.717, 1.165) is 50.8 Å². The quantitative estimate of drug-likeness (QED) is 0.483. The molecule has 0 saturated heterocycles. The number of hydrogen-bond donors (Lipinski definition) is 1. The Bertz CT molecular complexity index is 1320. The minimum atomic E-state index is -1.63. The Labute approximate surface area is 192 Å². The molecule has 31 heavy (non-hydrogen) atoms. The van der Waals surface area contributed by atoms with E-state index in [1.807, 2.05) is 34.3 Å². The number of rotatable bonds is 1. The molecular formula is C23H20N2O4SSn. The Kier molecular flexibility index (Phi) is 4.81. The van der Waals surface area contributed by atoms with E-state index in [9.17, 15) is 14.7 Å². The number of hydrogen-bond acceptors (Lipinski definition) is 6. The SMILES string of the molecule is O=[C]1[Sn][c]2cc(CO)cc3c2N=C1c1cccc2c(=O)n(sc12)C1CCC(CC1)CO3. The Hall–Kier alpha value is -1.97. The van der Waals surface area contributed by atoms with Gasteiger partial charge in [-0.25, -0.2) is 0 Å². The zero-order chi connectivity index (χ0) is 21.1. The number of aliphatic hydroxyl groups excluding tert-OH is 1. The molecule has 1 fully saturated rings. The number of aliphatic imine (C=N–C) groups is 1. The third kappa shape index (κ3) is 3.20. The first kappa shape index (κ1) is 19.7. The number of ether oxygens (including phenoxy) is 1. The summed E-state index contributed by atoms with van der Waals surface area (Å²) in [7, 11) is 0. The van der Waals surface area contributed by atoms with Crippen molar-refractivity contribution in [3.05, 3.63) is 51.8 Å². The fourth-order valence-electron chi connectivity index (χ4n) is 4.85. The molecule has 3 aliphatic heterocycles. The van der Waals surface area contributed by atoms with Gasteiger partial charge in [-0.05, 0) is 0 Å². The first-order valence-electron chi connectivity index (χ1n) is 10.6. The first-order chi connectivity index (χ1) is 15.1. The number of aromatic nitrogens is 1. The molecule has 1 saturated carbocycles. The molecule has 0 atom stereocenters. The van der Waals surface area contributed by atoms with Gasteiger partial charge in [-0.15, -0.1) is 0 Å². The predicted octanol–water partition coefficient (Wildman–Crippen LogP) is 2.67. The first-order valence-corrected chi connectivity index (χ1v) is 14.2. The molecule has 2 aromatic carbocycles. The number of carbonyl (C=O) groups is 1. The van der Waals surface area contributed by atoms with E-state index >= 15 is 0 Å². The van der Waals surface area contributed by atoms with Crippen molar-refractivity contribution in [2.24, 2.45) is 10.9 Å². The second-order valence-corrected chi connectivity index (χ2v) is 13.0. The van der Waals surface area contributed by atoms with Crippen LogP contribution in [0, 0.1) is 5.92 Å². The molecule has 1 N–H and O–H groups in total. The molecule has 3 aromatic rings. The zero-order valence-electron chi connectivity index (χ0n) is 16.8. The van der Waals surface area contributed by atoms with E-state index in [-0.39, 0.29) is 22.0 Å². The van der Waals surface area contributed by atoms with Gasteiger partial charge in [0.2, 0.25) is 0 Å². The fourth-order valence-corrected chi connectivity index (χ4v) is 9.27. The number of fused-ring (bicyclic) bond motifs is 3. The summed E-state index contributed by atoms with van der Waals surface area (Å²) >= 11 is -0.143. The summed E-state index contributed by atoms with van der Waals surface area (Å²) < 4.78 is 10.1. The molecule has 8 heteroatoms. The van der Waals surface area contributed by atoms with Crippen molar-refractivity contribution in [1.29, 1.82) is 0 Å². The summed E-state index contributed by atoms with van der Waals surface area (Å²) in [4.78, 5) is 31.2. The number of benzene rings is 2. The summed E-state index contributed by atoms with van der Waals surface area (Å²) in [5.74, 6) is 1.10. The summed E-state index contributed by atoms with van der Waals surface area (Å²) in [6.07, 6.45) is 3.95. The van der Waals surface area contributed by atoms with E-state index in [2.05, 4.69) is 0 Å². The van der Waals surface area contributed by atoms with E-state index in [0.29, 0.717) is 29.4 Å². The van der Waals surface area contributed by atoms with Gasteiger partial charge in [0.05, 0.1) is 0 Å². The van der Waals surface area contributed by atoms with Crippen LogP contribution in [0.15, 0.2) is 40.1 Å². The summed E-state index contributed by atoms with van der Waals surface area (Å²) in [5.41, 5.74) is 2.78. The maximum absolute atomic E-state index is 13.2. The van der Waals surface area contributed by atoms with Crippen LogP contribution in [0.1, 0.15) is 42.9 Å². The van der Waals surface area contributed by atoms with Gasteiger partial charge in [-0.2, -0.15) is 0 Å². The van der Waals surface area contributed by atoms with Gasteiger partial charge in [0.15, 0.2) is 0 Å². The van der Waals surface area contributed by atoms with Crippen molar-refractivity contribution in [3.63, 3.8) is 0 Å². The Morgan fingerprint density at radius 3 is 2.84 bits per heavy atom. The van der Waals surface area contributed by atoms with Gasteiger partial charge >= 0.3 is 194 Å². The molecular weight excluding hydrogens is 519 g/mol. The van der Waals surface area contributed by atoms with Crippen molar-refractivity contribution in [2.45, 2.75) is 38.3 Å². The van der Waals surface area contributed by atoms with Gasteiger partial charge in [0.1, 0.15) is 0 Å². The van der Waals surface area contributed by atoms with E-state index in [1.54, 1.807) is 0 Å². The van der Waals surface area contributed by atoms with Crippen LogP contribution in [0.25, 0.3) is 10.1 Å². The predicted molar refractivity (Wildman–Crippen MR) is 122 cm³/mol. The second kappa shape index (κ2) is 7.56. The summed E-state index contributed by atoms with van der Waals surface area (Å²) in [6, 6.07) is 9.61. The van der Waals surface area contributed by atoms with Gasteiger partial charge in [-0.3, -0.25) is 0 Å². The van der Waals surface area contributed by atoms with Gasteiger partial charge < -0.3 is 0 Å². The van der Waals surface area contributed by atoms with Gasteiger partial charge in [-0.1, -0.05) is 0 Å². The van der Waals surface area contributed by atoms with E-state index < -0.39 is 21.1 Å². The Morgan fingerprint density at radius 2 is 2.03 bits per heavy atom. The number of aliphatic hydroxyl groups is 1. The van der Waals surface area contributed by atoms with Crippen LogP contribution in [-0.4, -0.2) is 46.3 Å². The van der Waals surface area contributed by atoms with Crippen LogP contribution in [0.3, 0.4) is 0 Å². The van der Waals surface area contributed by atoms with Crippen LogP contribution in [0.5, 0.6) is 5.75 Å². The second-order valence-electron chi connectivity index (χ2n) is 8.45. The molecule has 1 aliphatic carbocycles. The van der Waals surface area contributed by atoms with Crippen LogP contribution >= 0.6 is 11.5 Å². The minimum absolute atomic E-state index is 0.0499. The molecule has 4 heterocycles. The third-order valence-corrected chi connectivity index (χ3v) is 11.0. The number of carbonyl (C=O) groups excluding carboxylic acids is 1. The average molecular weight is 539 g/mol. The average Bonchev–Trinajstić information content (AvgIpc) is 3.13. The summed E-state index contributed by atoms with van der Waals surface area (Å²) in [5, 5.41) is 10.4. The van der Waals surface area contributed by atoms with Crippen LogP contribution in [0.4, 0.5) is 5.69 Å². The molecule has 0 spiro atoms.